The molecule has 2 aromatic rings. The van der Waals surface area contributed by atoms with Gasteiger partial charge < -0.3 is 10.3 Å². The summed E-state index contributed by atoms with van der Waals surface area (Å²) >= 11 is 0. The highest BCUT2D eigenvalue weighted by Gasteiger charge is 2.38. The minimum atomic E-state index is -3.36. The lowest BCUT2D eigenvalue weighted by molar-refractivity contribution is 0.469. The van der Waals surface area contributed by atoms with Gasteiger partial charge >= 0.3 is 0 Å². The van der Waals surface area contributed by atoms with E-state index in [9.17, 15) is 8.42 Å². The van der Waals surface area contributed by atoms with Crippen LogP contribution in [0.4, 0.5) is 0 Å². The second-order valence-electron chi connectivity index (χ2n) is 5.79. The van der Waals surface area contributed by atoms with Crippen molar-refractivity contribution < 1.29 is 8.42 Å². The Balaban J connectivity index is 1.76. The molecule has 0 bridgehead atoms. The third kappa shape index (κ3) is 3.06. The molecule has 1 fully saturated rings. The van der Waals surface area contributed by atoms with Crippen molar-refractivity contribution in [3.8, 4) is 0 Å². The Labute approximate surface area is 130 Å². The summed E-state index contributed by atoms with van der Waals surface area (Å²) in [5.74, 6) is -0.0399. The van der Waals surface area contributed by atoms with Crippen molar-refractivity contribution in [2.75, 3.05) is 13.1 Å². The van der Waals surface area contributed by atoms with Crippen molar-refractivity contribution in [3.05, 3.63) is 54.1 Å². The molecule has 0 unspecified atom stereocenters. The van der Waals surface area contributed by atoms with Gasteiger partial charge in [-0.3, -0.25) is 0 Å². The van der Waals surface area contributed by atoms with Crippen LogP contribution in [-0.2, 0) is 22.8 Å². The van der Waals surface area contributed by atoms with Gasteiger partial charge in [0.1, 0.15) is 0 Å². The second-order valence-corrected chi connectivity index (χ2v) is 7.76. The van der Waals surface area contributed by atoms with Gasteiger partial charge in [-0.2, -0.15) is 4.31 Å². The fraction of sp³-hybridized carbons (Fsp3) is 0.400. The average molecular weight is 320 g/mol. The van der Waals surface area contributed by atoms with Crippen molar-refractivity contribution in [1.29, 1.82) is 0 Å². The van der Waals surface area contributed by atoms with E-state index in [4.69, 9.17) is 5.73 Å². The maximum absolute atomic E-state index is 12.6. The smallest absolute Gasteiger partial charge is 0.218 e. The van der Waals surface area contributed by atoms with Gasteiger partial charge in [0, 0.05) is 38.3 Å². The molecule has 2 heterocycles. The van der Waals surface area contributed by atoms with E-state index < -0.39 is 10.0 Å². The predicted molar refractivity (Wildman–Crippen MR) is 84.6 cm³/mol. The monoisotopic (exact) mass is 320 g/mol. The van der Waals surface area contributed by atoms with Crippen LogP contribution in [-0.4, -0.2) is 41.4 Å². The zero-order valence-corrected chi connectivity index (χ0v) is 13.3. The van der Waals surface area contributed by atoms with Crippen LogP contribution < -0.4 is 5.73 Å². The van der Waals surface area contributed by atoms with Gasteiger partial charge in [0.25, 0.3) is 0 Å². The van der Waals surface area contributed by atoms with Gasteiger partial charge in [0.2, 0.25) is 10.0 Å². The van der Waals surface area contributed by atoms with Crippen LogP contribution in [0.3, 0.4) is 0 Å². The standard InChI is InChI=1S/C15H20N4O2S/c1-18-9-15(17-11-18)13-7-19(8-14(13)16)22(20,21)10-12-5-3-2-4-6-12/h2-6,9,11,13-14H,7-8,10,16H2,1H3/t13-,14-/m1/s1. The summed E-state index contributed by atoms with van der Waals surface area (Å²) in [7, 11) is -1.47. The molecule has 2 atom stereocenters. The van der Waals surface area contributed by atoms with Crippen LogP contribution in [0, 0.1) is 0 Å². The lowest BCUT2D eigenvalue weighted by atomic mass is 10.0. The van der Waals surface area contributed by atoms with Gasteiger partial charge in [0.15, 0.2) is 0 Å². The van der Waals surface area contributed by atoms with Gasteiger partial charge in [-0.1, -0.05) is 30.3 Å². The minimum Gasteiger partial charge on any atom is -0.340 e. The van der Waals surface area contributed by atoms with Crippen LogP contribution in [0.2, 0.25) is 0 Å². The summed E-state index contributed by atoms with van der Waals surface area (Å²) in [4.78, 5) is 4.31. The van der Waals surface area contributed by atoms with Gasteiger partial charge in [0.05, 0.1) is 17.8 Å². The first-order chi connectivity index (χ1) is 10.5. The first-order valence-corrected chi connectivity index (χ1v) is 8.82. The highest BCUT2D eigenvalue weighted by atomic mass is 32.2. The van der Waals surface area contributed by atoms with E-state index in [0.29, 0.717) is 13.1 Å². The average Bonchev–Trinajstić information content (AvgIpc) is 3.06. The summed E-state index contributed by atoms with van der Waals surface area (Å²) in [6.07, 6.45) is 3.61. The molecule has 1 aromatic carbocycles. The summed E-state index contributed by atoms with van der Waals surface area (Å²) in [6, 6.07) is 8.99. The lowest BCUT2D eigenvalue weighted by Gasteiger charge is -2.16. The molecule has 0 aliphatic carbocycles. The lowest BCUT2D eigenvalue weighted by Crippen LogP contribution is -2.33. The molecule has 0 amide bonds. The number of sulfonamides is 1. The third-order valence-corrected chi connectivity index (χ3v) is 5.80. The molecule has 2 N–H and O–H groups in total. The van der Waals surface area contributed by atoms with Crippen LogP contribution in [0.25, 0.3) is 0 Å². The molecule has 7 heteroatoms. The largest absolute Gasteiger partial charge is 0.340 e. The Morgan fingerprint density at radius 3 is 2.64 bits per heavy atom. The maximum atomic E-state index is 12.6. The molecule has 1 aliphatic heterocycles. The first kappa shape index (κ1) is 15.2. The van der Waals surface area contributed by atoms with E-state index in [1.54, 1.807) is 6.33 Å². The highest BCUT2D eigenvalue weighted by Crippen LogP contribution is 2.28. The molecular weight excluding hydrogens is 300 g/mol. The topological polar surface area (TPSA) is 81.2 Å². The fourth-order valence-electron chi connectivity index (χ4n) is 2.83. The normalized spacial score (nSPS) is 23.0. The molecule has 1 saturated heterocycles. The van der Waals surface area contributed by atoms with Crippen molar-refractivity contribution in [3.63, 3.8) is 0 Å². The van der Waals surface area contributed by atoms with Crippen LogP contribution in [0.15, 0.2) is 42.9 Å². The molecular formula is C15H20N4O2S. The van der Waals surface area contributed by atoms with Crippen LogP contribution in [0.5, 0.6) is 0 Å². The molecule has 118 valence electrons. The number of nitrogens with two attached hydrogens (primary N) is 1. The summed E-state index contributed by atoms with van der Waals surface area (Å²) in [5, 5.41) is 0. The number of rotatable bonds is 4. The number of hydrogen-bond acceptors (Lipinski definition) is 4. The zero-order valence-electron chi connectivity index (χ0n) is 12.5. The van der Waals surface area contributed by atoms with Crippen LogP contribution >= 0.6 is 0 Å². The Morgan fingerprint density at radius 2 is 2.00 bits per heavy atom. The SMILES string of the molecule is Cn1cnc([C@@H]2CN(S(=O)(=O)Cc3ccccc3)C[C@H]2N)c1. The van der Waals surface area contributed by atoms with Crippen molar-refractivity contribution >= 4 is 10.0 Å². The second kappa shape index (κ2) is 5.83. The molecule has 6 nitrogen and oxygen atoms in total. The molecule has 1 aliphatic rings. The van der Waals surface area contributed by atoms with E-state index in [2.05, 4.69) is 4.98 Å². The fourth-order valence-corrected chi connectivity index (χ4v) is 4.42. The summed E-state index contributed by atoms with van der Waals surface area (Å²) in [5.41, 5.74) is 7.79. The number of hydrogen-bond donors (Lipinski definition) is 1. The van der Waals surface area contributed by atoms with Gasteiger partial charge in [-0.05, 0) is 5.56 Å². The Morgan fingerprint density at radius 1 is 1.27 bits per heavy atom. The predicted octanol–water partition coefficient (Wildman–Crippen LogP) is 0.677. The number of nitrogens with zero attached hydrogens (tertiary/aromatic N) is 3. The maximum Gasteiger partial charge on any atom is 0.218 e. The Hall–Kier alpha value is -1.70. The first-order valence-electron chi connectivity index (χ1n) is 7.21. The van der Waals surface area contributed by atoms with Crippen molar-refractivity contribution in [2.45, 2.75) is 17.7 Å². The molecule has 0 spiro atoms. The highest BCUT2D eigenvalue weighted by molar-refractivity contribution is 7.88. The molecule has 1 aromatic heterocycles. The quantitative estimate of drug-likeness (QED) is 0.898. The van der Waals surface area contributed by atoms with E-state index in [-0.39, 0.29) is 17.7 Å². The van der Waals surface area contributed by atoms with E-state index in [0.717, 1.165) is 11.3 Å². The van der Waals surface area contributed by atoms with E-state index in [1.165, 1.54) is 4.31 Å². The van der Waals surface area contributed by atoms with Gasteiger partial charge in [-0.15, -0.1) is 0 Å². The molecule has 22 heavy (non-hydrogen) atoms. The van der Waals surface area contributed by atoms with E-state index in [1.807, 2.05) is 48.1 Å². The number of aromatic nitrogens is 2. The Bertz CT molecular complexity index is 742. The molecule has 0 radical (unpaired) electrons. The molecule has 3 rings (SSSR count). The third-order valence-electron chi connectivity index (χ3n) is 4.02. The number of imidazole rings is 1. The zero-order chi connectivity index (χ0) is 15.7. The number of benzene rings is 1. The van der Waals surface area contributed by atoms with Crippen LogP contribution in [0.1, 0.15) is 17.2 Å². The van der Waals surface area contributed by atoms with Crippen molar-refractivity contribution in [1.82, 2.24) is 13.9 Å². The molecule has 0 saturated carbocycles. The van der Waals surface area contributed by atoms with E-state index >= 15 is 0 Å². The summed E-state index contributed by atoms with van der Waals surface area (Å²) in [6.45, 7) is 0.740. The van der Waals surface area contributed by atoms with Crippen molar-refractivity contribution in [2.24, 2.45) is 12.8 Å². The number of aryl methyl sites for hydroxylation is 1. The summed E-state index contributed by atoms with van der Waals surface area (Å²) < 4.78 is 28.5. The minimum absolute atomic E-state index is 0.00942. The Kier molecular flexibility index (Phi) is 4.03. The van der Waals surface area contributed by atoms with Gasteiger partial charge in [-0.25, -0.2) is 13.4 Å².